The molecule has 1 aromatic heterocycles. The van der Waals surface area contributed by atoms with Gasteiger partial charge in [-0.25, -0.2) is 0 Å². The van der Waals surface area contributed by atoms with Gasteiger partial charge in [0.1, 0.15) is 0 Å². The van der Waals surface area contributed by atoms with E-state index in [1.807, 2.05) is 45.0 Å². The van der Waals surface area contributed by atoms with E-state index >= 15 is 0 Å². The van der Waals surface area contributed by atoms with Crippen LogP contribution in [0.4, 0.5) is 0 Å². The molecule has 0 aliphatic carbocycles. The van der Waals surface area contributed by atoms with E-state index in [0.717, 1.165) is 5.56 Å². The van der Waals surface area contributed by atoms with Crippen molar-refractivity contribution < 1.29 is 4.52 Å². The molecule has 4 nitrogen and oxygen atoms in total. The van der Waals surface area contributed by atoms with Gasteiger partial charge in [-0.2, -0.15) is 4.98 Å². The number of rotatable bonds is 2. The summed E-state index contributed by atoms with van der Waals surface area (Å²) < 4.78 is 5.13. The quantitative estimate of drug-likeness (QED) is 0.894. The second-order valence-electron chi connectivity index (χ2n) is 4.51. The van der Waals surface area contributed by atoms with Crippen molar-refractivity contribution in [1.29, 1.82) is 0 Å². The Morgan fingerprint density at radius 2 is 1.76 bits per heavy atom. The molecular weight excluding hydrogens is 238 g/mol. The minimum absolute atomic E-state index is 0. The van der Waals surface area contributed by atoms with Gasteiger partial charge in [0.05, 0.1) is 5.54 Å². The summed E-state index contributed by atoms with van der Waals surface area (Å²) in [5, 5.41) is 3.92. The van der Waals surface area contributed by atoms with Crippen LogP contribution in [0.1, 0.15) is 25.3 Å². The molecule has 0 bridgehead atoms. The highest BCUT2D eigenvalue weighted by Crippen LogP contribution is 2.20. The highest BCUT2D eigenvalue weighted by atomic mass is 35.5. The fourth-order valence-electron chi connectivity index (χ4n) is 1.31. The molecule has 0 saturated heterocycles. The number of halogens is 1. The fourth-order valence-corrected chi connectivity index (χ4v) is 1.31. The monoisotopic (exact) mass is 253 g/mol. The zero-order chi connectivity index (χ0) is 11.8. The van der Waals surface area contributed by atoms with E-state index in [1.165, 1.54) is 5.56 Å². The smallest absolute Gasteiger partial charge is 0.246 e. The normalized spacial score (nSPS) is 11.1. The molecule has 0 aliphatic rings. The predicted octanol–water partition coefficient (Wildman–Crippen LogP) is 2.66. The zero-order valence-electron chi connectivity index (χ0n) is 10.1. The van der Waals surface area contributed by atoms with Gasteiger partial charge in [-0.1, -0.05) is 35.0 Å². The van der Waals surface area contributed by atoms with Crippen molar-refractivity contribution in [3.8, 4) is 11.4 Å². The van der Waals surface area contributed by atoms with Crippen molar-refractivity contribution in [2.24, 2.45) is 5.73 Å². The molecule has 2 rings (SSSR count). The molecule has 0 saturated carbocycles. The Bertz CT molecular complexity index is 485. The summed E-state index contributed by atoms with van der Waals surface area (Å²) in [5.74, 6) is 1.02. The molecule has 0 fully saturated rings. The third-order valence-electron chi connectivity index (χ3n) is 2.29. The van der Waals surface area contributed by atoms with Gasteiger partial charge in [0.15, 0.2) is 0 Å². The summed E-state index contributed by atoms with van der Waals surface area (Å²) in [7, 11) is 0. The lowest BCUT2D eigenvalue weighted by Crippen LogP contribution is -2.28. The minimum Gasteiger partial charge on any atom is -0.337 e. The maximum Gasteiger partial charge on any atom is 0.246 e. The molecular formula is C12H16ClN3O. The summed E-state index contributed by atoms with van der Waals surface area (Å²) in [4.78, 5) is 4.28. The summed E-state index contributed by atoms with van der Waals surface area (Å²) >= 11 is 0. The van der Waals surface area contributed by atoms with Crippen molar-refractivity contribution >= 4 is 12.4 Å². The predicted molar refractivity (Wildman–Crippen MR) is 68.9 cm³/mol. The van der Waals surface area contributed by atoms with E-state index in [4.69, 9.17) is 10.3 Å². The van der Waals surface area contributed by atoms with E-state index in [2.05, 4.69) is 10.1 Å². The Kier molecular flexibility index (Phi) is 3.91. The lowest BCUT2D eigenvalue weighted by Gasteiger charge is -2.10. The molecule has 5 heteroatoms. The van der Waals surface area contributed by atoms with Crippen LogP contribution in [0, 0.1) is 6.92 Å². The second kappa shape index (κ2) is 4.85. The number of nitrogens with two attached hydrogens (primary N) is 1. The van der Waals surface area contributed by atoms with Gasteiger partial charge < -0.3 is 10.3 Å². The first-order valence-corrected chi connectivity index (χ1v) is 5.17. The summed E-state index contributed by atoms with van der Waals surface area (Å²) in [6.07, 6.45) is 0. The SMILES string of the molecule is Cc1ccc(-c2noc(C(C)(C)N)n2)cc1.Cl. The molecule has 0 unspecified atom stereocenters. The van der Waals surface area contributed by atoms with Crippen LogP contribution in [0.25, 0.3) is 11.4 Å². The molecule has 1 heterocycles. The molecule has 0 amide bonds. The van der Waals surface area contributed by atoms with Crippen LogP contribution >= 0.6 is 12.4 Å². The Morgan fingerprint density at radius 3 is 2.24 bits per heavy atom. The second-order valence-corrected chi connectivity index (χ2v) is 4.51. The summed E-state index contributed by atoms with van der Waals surface area (Å²) in [5.41, 5.74) is 7.41. The number of aromatic nitrogens is 2. The van der Waals surface area contributed by atoms with Crippen LogP contribution in [0.5, 0.6) is 0 Å². The van der Waals surface area contributed by atoms with E-state index in [-0.39, 0.29) is 12.4 Å². The average Bonchev–Trinajstić information content (AvgIpc) is 2.67. The number of nitrogens with zero attached hydrogens (tertiary/aromatic N) is 2. The molecule has 17 heavy (non-hydrogen) atoms. The van der Waals surface area contributed by atoms with Crippen molar-refractivity contribution in [1.82, 2.24) is 10.1 Å². The van der Waals surface area contributed by atoms with Crippen molar-refractivity contribution in [3.63, 3.8) is 0 Å². The van der Waals surface area contributed by atoms with Gasteiger partial charge in [0, 0.05) is 5.56 Å². The number of hydrogen-bond donors (Lipinski definition) is 1. The first kappa shape index (κ1) is 13.7. The van der Waals surface area contributed by atoms with Gasteiger partial charge in [-0.15, -0.1) is 12.4 Å². The molecule has 0 spiro atoms. The highest BCUT2D eigenvalue weighted by molar-refractivity contribution is 5.85. The topological polar surface area (TPSA) is 64.9 Å². The van der Waals surface area contributed by atoms with Crippen LogP contribution in [0.2, 0.25) is 0 Å². The maximum absolute atomic E-state index is 5.88. The van der Waals surface area contributed by atoms with Crippen LogP contribution in [-0.2, 0) is 5.54 Å². The first-order chi connectivity index (χ1) is 7.47. The highest BCUT2D eigenvalue weighted by Gasteiger charge is 2.22. The fraction of sp³-hybridized carbons (Fsp3) is 0.333. The van der Waals surface area contributed by atoms with Gasteiger partial charge >= 0.3 is 0 Å². The van der Waals surface area contributed by atoms with Crippen LogP contribution in [0.15, 0.2) is 28.8 Å². The first-order valence-electron chi connectivity index (χ1n) is 5.17. The Labute approximate surface area is 107 Å². The lowest BCUT2D eigenvalue weighted by atomic mass is 10.1. The molecule has 2 aromatic rings. The number of benzene rings is 1. The van der Waals surface area contributed by atoms with Crippen LogP contribution in [0.3, 0.4) is 0 Å². The Balaban J connectivity index is 0.00000144. The average molecular weight is 254 g/mol. The van der Waals surface area contributed by atoms with Gasteiger partial charge in [-0.05, 0) is 20.8 Å². The molecule has 1 aromatic carbocycles. The summed E-state index contributed by atoms with van der Waals surface area (Å²) in [6, 6.07) is 7.96. The molecule has 0 atom stereocenters. The largest absolute Gasteiger partial charge is 0.337 e. The molecule has 92 valence electrons. The minimum atomic E-state index is -0.601. The van der Waals surface area contributed by atoms with Crippen molar-refractivity contribution in [2.45, 2.75) is 26.3 Å². The summed E-state index contributed by atoms with van der Waals surface area (Å²) in [6.45, 7) is 5.70. The van der Waals surface area contributed by atoms with E-state index in [9.17, 15) is 0 Å². The number of aryl methyl sites for hydroxylation is 1. The standard InChI is InChI=1S/C12H15N3O.ClH/c1-8-4-6-9(7-5-8)10-14-11(16-15-10)12(2,3)13;/h4-7H,13H2,1-3H3;1H. The van der Waals surface area contributed by atoms with E-state index < -0.39 is 5.54 Å². The van der Waals surface area contributed by atoms with Crippen molar-refractivity contribution in [2.75, 3.05) is 0 Å². The van der Waals surface area contributed by atoms with Crippen molar-refractivity contribution in [3.05, 3.63) is 35.7 Å². The third-order valence-corrected chi connectivity index (χ3v) is 2.29. The van der Waals surface area contributed by atoms with E-state index in [1.54, 1.807) is 0 Å². The number of hydrogen-bond acceptors (Lipinski definition) is 4. The van der Waals surface area contributed by atoms with Gasteiger partial charge in [-0.3, -0.25) is 0 Å². The van der Waals surface area contributed by atoms with Crippen LogP contribution < -0.4 is 5.73 Å². The molecule has 0 aliphatic heterocycles. The van der Waals surface area contributed by atoms with Gasteiger partial charge in [0.25, 0.3) is 0 Å². The Hall–Kier alpha value is -1.39. The zero-order valence-corrected chi connectivity index (χ0v) is 10.9. The molecule has 2 N–H and O–H groups in total. The Morgan fingerprint density at radius 1 is 1.18 bits per heavy atom. The molecule has 0 radical (unpaired) electrons. The third kappa shape index (κ3) is 3.05. The maximum atomic E-state index is 5.88. The van der Waals surface area contributed by atoms with Gasteiger partial charge in [0.2, 0.25) is 11.7 Å². The van der Waals surface area contributed by atoms with E-state index in [0.29, 0.717) is 11.7 Å². The lowest BCUT2D eigenvalue weighted by molar-refractivity contribution is 0.312. The van der Waals surface area contributed by atoms with Crippen LogP contribution in [-0.4, -0.2) is 10.1 Å².